The highest BCUT2D eigenvalue weighted by Gasteiger charge is 2.26. The molecule has 1 aliphatic rings. The van der Waals surface area contributed by atoms with E-state index in [0.717, 1.165) is 44.7 Å². The summed E-state index contributed by atoms with van der Waals surface area (Å²) in [5.41, 5.74) is 3.64. The van der Waals surface area contributed by atoms with Crippen LogP contribution in [0.15, 0.2) is 83.8 Å². The number of halogens is 1. The van der Waals surface area contributed by atoms with Crippen molar-refractivity contribution in [2.75, 3.05) is 51.2 Å². The molecule has 0 amide bonds. The zero-order valence-electron chi connectivity index (χ0n) is 20.5. The Morgan fingerprint density at radius 2 is 1.63 bits per heavy atom. The maximum atomic E-state index is 13.2. The molecule has 186 valence electrons. The normalized spacial score (nSPS) is 15.9. The molecule has 3 aromatic carbocycles. The van der Waals surface area contributed by atoms with Crippen molar-refractivity contribution >= 4 is 27.3 Å². The average Bonchev–Trinajstić information content (AvgIpc) is 2.87. The van der Waals surface area contributed by atoms with Gasteiger partial charge in [0.25, 0.3) is 0 Å². The van der Waals surface area contributed by atoms with Gasteiger partial charge in [0.05, 0.1) is 4.90 Å². The molecule has 1 aliphatic heterocycles. The highest BCUT2D eigenvalue weighted by atomic mass is 35.5. The van der Waals surface area contributed by atoms with Crippen LogP contribution >= 0.6 is 11.6 Å². The van der Waals surface area contributed by atoms with Gasteiger partial charge in [-0.3, -0.25) is 4.90 Å². The topological polar surface area (TPSA) is 43.9 Å². The zero-order chi connectivity index (χ0) is 24.8. The smallest absolute Gasteiger partial charge is 0.242 e. The van der Waals surface area contributed by atoms with E-state index >= 15 is 0 Å². The Morgan fingerprint density at radius 3 is 2.31 bits per heavy atom. The summed E-state index contributed by atoms with van der Waals surface area (Å²) in [6.07, 6.45) is 0.861. The number of hydrogen-bond donors (Lipinski definition) is 0. The Morgan fingerprint density at radius 1 is 0.914 bits per heavy atom. The van der Waals surface area contributed by atoms with Gasteiger partial charge in [-0.2, -0.15) is 0 Å². The molecule has 7 heteroatoms. The van der Waals surface area contributed by atoms with E-state index in [1.54, 1.807) is 31.3 Å². The Labute approximate surface area is 215 Å². The van der Waals surface area contributed by atoms with Crippen LogP contribution in [0.3, 0.4) is 0 Å². The van der Waals surface area contributed by atoms with E-state index in [9.17, 15) is 8.42 Å². The first-order chi connectivity index (χ1) is 16.8. The van der Waals surface area contributed by atoms with E-state index in [2.05, 4.69) is 47.1 Å². The summed E-state index contributed by atoms with van der Waals surface area (Å²) in [5.74, 6) is 0.0481. The van der Waals surface area contributed by atoms with Gasteiger partial charge in [0.2, 0.25) is 10.0 Å². The largest absolute Gasteiger partial charge is 0.369 e. The fraction of sp³-hybridized carbons (Fsp3) is 0.357. The number of aryl methyl sites for hydroxylation is 1. The van der Waals surface area contributed by atoms with Crippen LogP contribution < -0.4 is 4.90 Å². The van der Waals surface area contributed by atoms with E-state index in [1.807, 2.05) is 24.3 Å². The monoisotopic (exact) mass is 511 g/mol. The average molecular weight is 512 g/mol. The molecule has 1 fully saturated rings. The summed E-state index contributed by atoms with van der Waals surface area (Å²) < 4.78 is 27.8. The summed E-state index contributed by atoms with van der Waals surface area (Å²) in [6, 6.07) is 25.1. The minimum atomic E-state index is -3.56. The van der Waals surface area contributed by atoms with Crippen LogP contribution in [0.1, 0.15) is 23.5 Å². The van der Waals surface area contributed by atoms with Gasteiger partial charge in [-0.15, -0.1) is 0 Å². The quantitative estimate of drug-likeness (QED) is 0.393. The first-order valence-corrected chi connectivity index (χ1v) is 14.0. The lowest BCUT2D eigenvalue weighted by atomic mass is 9.95. The van der Waals surface area contributed by atoms with Gasteiger partial charge in [-0.25, -0.2) is 12.7 Å². The van der Waals surface area contributed by atoms with Gasteiger partial charge in [-0.05, 0) is 73.3 Å². The molecule has 5 nitrogen and oxygen atoms in total. The Kier molecular flexibility index (Phi) is 8.50. The molecular formula is C28H34ClN3O2S. The highest BCUT2D eigenvalue weighted by Crippen LogP contribution is 2.27. The fourth-order valence-corrected chi connectivity index (χ4v) is 6.13. The van der Waals surface area contributed by atoms with Crippen LogP contribution in [0.2, 0.25) is 5.02 Å². The van der Waals surface area contributed by atoms with Crippen molar-refractivity contribution in [3.05, 3.63) is 95.0 Å². The van der Waals surface area contributed by atoms with E-state index in [1.165, 1.54) is 15.6 Å². The molecule has 1 saturated heterocycles. The van der Waals surface area contributed by atoms with E-state index in [-0.39, 0.29) is 5.92 Å². The lowest BCUT2D eigenvalue weighted by Crippen LogP contribution is -2.47. The van der Waals surface area contributed by atoms with Gasteiger partial charge in [-0.1, -0.05) is 54.1 Å². The number of rotatable bonds is 9. The summed E-state index contributed by atoms with van der Waals surface area (Å²) in [5, 5.41) is 0.674. The summed E-state index contributed by atoms with van der Waals surface area (Å²) in [7, 11) is -1.89. The molecule has 4 rings (SSSR count). The van der Waals surface area contributed by atoms with Crippen molar-refractivity contribution < 1.29 is 8.42 Å². The first-order valence-electron chi connectivity index (χ1n) is 12.1. The Bertz CT molecular complexity index is 1210. The molecule has 0 bridgehead atoms. The molecule has 35 heavy (non-hydrogen) atoms. The summed E-state index contributed by atoms with van der Waals surface area (Å²) in [4.78, 5) is 5.24. The standard InChI is InChI=1S/C28H34ClN3O2S/c1-23-8-6-11-27(20-23)32-18-16-31(17-19-32)15-14-25(24-9-7-10-26(29)21-24)22-30(2)35(33,34)28-12-4-3-5-13-28/h3-13,20-21,25H,14-19,22H2,1-2H3. The van der Waals surface area contributed by atoms with Crippen molar-refractivity contribution in [1.29, 1.82) is 0 Å². The van der Waals surface area contributed by atoms with E-state index in [4.69, 9.17) is 11.6 Å². The van der Waals surface area contributed by atoms with Crippen molar-refractivity contribution in [2.24, 2.45) is 0 Å². The molecule has 3 aromatic rings. The lowest BCUT2D eigenvalue weighted by Gasteiger charge is -2.37. The van der Waals surface area contributed by atoms with Crippen LogP contribution in [0, 0.1) is 6.92 Å². The van der Waals surface area contributed by atoms with Gasteiger partial charge in [0.1, 0.15) is 0 Å². The number of anilines is 1. The highest BCUT2D eigenvalue weighted by molar-refractivity contribution is 7.89. The summed E-state index contributed by atoms with van der Waals surface area (Å²) in [6.45, 7) is 7.42. The second-order valence-corrected chi connectivity index (χ2v) is 11.8. The molecule has 1 heterocycles. The lowest BCUT2D eigenvalue weighted by molar-refractivity contribution is 0.244. The predicted molar refractivity (Wildman–Crippen MR) is 145 cm³/mol. The van der Waals surface area contributed by atoms with Crippen molar-refractivity contribution in [3.8, 4) is 0 Å². The molecule has 0 N–H and O–H groups in total. The van der Waals surface area contributed by atoms with E-state index < -0.39 is 10.0 Å². The van der Waals surface area contributed by atoms with Crippen LogP contribution in [0.5, 0.6) is 0 Å². The molecule has 1 atom stereocenters. The van der Waals surface area contributed by atoms with Crippen LogP contribution in [-0.2, 0) is 10.0 Å². The predicted octanol–water partition coefficient (Wildman–Crippen LogP) is 5.27. The molecule has 0 aliphatic carbocycles. The molecule has 0 radical (unpaired) electrons. The van der Waals surface area contributed by atoms with Gasteiger partial charge in [0.15, 0.2) is 0 Å². The van der Waals surface area contributed by atoms with Crippen molar-refractivity contribution in [2.45, 2.75) is 24.2 Å². The number of nitrogens with zero attached hydrogens (tertiary/aromatic N) is 3. The minimum Gasteiger partial charge on any atom is -0.369 e. The number of sulfonamides is 1. The van der Waals surface area contributed by atoms with Gasteiger partial charge >= 0.3 is 0 Å². The Balaban J connectivity index is 1.41. The third-order valence-corrected chi connectivity index (χ3v) is 8.85. The fourth-order valence-electron chi connectivity index (χ4n) is 4.70. The molecular weight excluding hydrogens is 478 g/mol. The maximum absolute atomic E-state index is 13.2. The molecule has 0 aromatic heterocycles. The molecule has 0 saturated carbocycles. The van der Waals surface area contributed by atoms with Crippen molar-refractivity contribution in [1.82, 2.24) is 9.21 Å². The first kappa shape index (κ1) is 25.7. The summed E-state index contributed by atoms with van der Waals surface area (Å²) >= 11 is 6.30. The number of piperazine rings is 1. The minimum absolute atomic E-state index is 0.0481. The van der Waals surface area contributed by atoms with Crippen LogP contribution in [0.4, 0.5) is 5.69 Å². The van der Waals surface area contributed by atoms with Gasteiger partial charge < -0.3 is 4.90 Å². The third-order valence-electron chi connectivity index (χ3n) is 6.78. The van der Waals surface area contributed by atoms with Gasteiger partial charge in [0, 0.05) is 50.5 Å². The second kappa shape index (κ2) is 11.6. The van der Waals surface area contributed by atoms with Crippen LogP contribution in [0.25, 0.3) is 0 Å². The van der Waals surface area contributed by atoms with Crippen LogP contribution in [-0.4, -0.2) is 63.9 Å². The number of likely N-dealkylation sites (N-methyl/N-ethyl adjacent to an activating group) is 1. The van der Waals surface area contributed by atoms with E-state index in [0.29, 0.717) is 16.5 Å². The molecule has 0 spiro atoms. The third kappa shape index (κ3) is 6.64. The Hall–Kier alpha value is -2.38. The number of benzene rings is 3. The molecule has 1 unspecified atom stereocenters. The second-order valence-electron chi connectivity index (χ2n) is 9.31. The zero-order valence-corrected chi connectivity index (χ0v) is 22.0. The SMILES string of the molecule is Cc1cccc(N2CCN(CCC(CN(C)S(=O)(=O)c3ccccc3)c3cccc(Cl)c3)CC2)c1. The maximum Gasteiger partial charge on any atom is 0.242 e. The van der Waals surface area contributed by atoms with Crippen molar-refractivity contribution in [3.63, 3.8) is 0 Å². The number of hydrogen-bond acceptors (Lipinski definition) is 4.